The third kappa shape index (κ3) is 2.31. The first-order valence-corrected chi connectivity index (χ1v) is 6.38. The molecule has 2 aliphatic rings. The fourth-order valence-electron chi connectivity index (χ4n) is 3.18. The topological polar surface area (TPSA) is 12.0 Å². The Hall–Kier alpha value is -0.0400. The summed E-state index contributed by atoms with van der Waals surface area (Å²) in [7, 11) is 0. The van der Waals surface area contributed by atoms with Crippen LogP contribution in [0.5, 0.6) is 0 Å². The molecule has 1 N–H and O–H groups in total. The van der Waals surface area contributed by atoms with Gasteiger partial charge < -0.3 is 5.32 Å². The molecule has 2 fully saturated rings. The molecular weight excluding hydrogens is 170 g/mol. The van der Waals surface area contributed by atoms with Crippen LogP contribution < -0.4 is 5.32 Å². The van der Waals surface area contributed by atoms with Gasteiger partial charge in [0.1, 0.15) is 0 Å². The Kier molecular flexibility index (Phi) is 2.88. The van der Waals surface area contributed by atoms with Crippen LogP contribution in [-0.4, -0.2) is 12.1 Å². The van der Waals surface area contributed by atoms with E-state index in [0.29, 0.717) is 5.41 Å². The molecule has 0 spiro atoms. The zero-order valence-electron chi connectivity index (χ0n) is 9.97. The van der Waals surface area contributed by atoms with Crippen molar-refractivity contribution >= 4 is 0 Å². The Balaban J connectivity index is 1.87. The molecule has 0 aromatic carbocycles. The molecule has 1 nitrogen and oxygen atoms in total. The smallest absolute Gasteiger partial charge is 0.00749 e. The quantitative estimate of drug-likeness (QED) is 0.728. The summed E-state index contributed by atoms with van der Waals surface area (Å²) in [6, 6.07) is 1.70. The van der Waals surface area contributed by atoms with Gasteiger partial charge in [-0.15, -0.1) is 0 Å². The Morgan fingerprint density at radius 3 is 2.21 bits per heavy atom. The molecule has 0 saturated heterocycles. The SMILES string of the molecule is CCC1CC[C@H](NC2CC2)CC1(C)C. The minimum atomic E-state index is 0.569. The first kappa shape index (κ1) is 10.5. The molecule has 0 aromatic heterocycles. The van der Waals surface area contributed by atoms with Crippen molar-refractivity contribution in [3.63, 3.8) is 0 Å². The van der Waals surface area contributed by atoms with Gasteiger partial charge >= 0.3 is 0 Å². The van der Waals surface area contributed by atoms with Crippen molar-refractivity contribution in [1.82, 2.24) is 5.32 Å². The average molecular weight is 195 g/mol. The second kappa shape index (κ2) is 3.84. The van der Waals surface area contributed by atoms with Crippen molar-refractivity contribution < 1.29 is 0 Å². The van der Waals surface area contributed by atoms with Gasteiger partial charge in [0.05, 0.1) is 0 Å². The van der Waals surface area contributed by atoms with Crippen LogP contribution in [-0.2, 0) is 0 Å². The highest BCUT2D eigenvalue weighted by molar-refractivity contribution is 4.92. The van der Waals surface area contributed by atoms with Gasteiger partial charge in [-0.2, -0.15) is 0 Å². The lowest BCUT2D eigenvalue weighted by Crippen LogP contribution is -2.42. The van der Waals surface area contributed by atoms with E-state index in [-0.39, 0.29) is 0 Å². The van der Waals surface area contributed by atoms with E-state index < -0.39 is 0 Å². The molecule has 1 heteroatoms. The molecule has 0 aliphatic heterocycles. The second-order valence-corrected chi connectivity index (χ2v) is 6.01. The fourth-order valence-corrected chi connectivity index (χ4v) is 3.18. The van der Waals surface area contributed by atoms with E-state index in [4.69, 9.17) is 0 Å². The van der Waals surface area contributed by atoms with E-state index in [0.717, 1.165) is 18.0 Å². The summed E-state index contributed by atoms with van der Waals surface area (Å²) in [4.78, 5) is 0. The lowest BCUT2D eigenvalue weighted by molar-refractivity contribution is 0.106. The molecule has 0 heterocycles. The van der Waals surface area contributed by atoms with Gasteiger partial charge in [-0.25, -0.2) is 0 Å². The van der Waals surface area contributed by atoms with E-state index in [1.165, 1.54) is 38.5 Å². The molecule has 1 unspecified atom stereocenters. The summed E-state index contributed by atoms with van der Waals surface area (Å²) in [5, 5.41) is 3.79. The number of rotatable bonds is 3. The maximum Gasteiger partial charge on any atom is 0.00749 e. The van der Waals surface area contributed by atoms with Crippen molar-refractivity contribution in [1.29, 1.82) is 0 Å². The molecule has 0 bridgehead atoms. The number of hydrogen-bond acceptors (Lipinski definition) is 1. The number of nitrogens with one attached hydrogen (secondary N) is 1. The van der Waals surface area contributed by atoms with E-state index in [2.05, 4.69) is 26.1 Å². The second-order valence-electron chi connectivity index (χ2n) is 6.01. The van der Waals surface area contributed by atoms with Crippen LogP contribution in [0.25, 0.3) is 0 Å². The lowest BCUT2D eigenvalue weighted by Gasteiger charge is -2.42. The van der Waals surface area contributed by atoms with Gasteiger partial charge in [-0.05, 0) is 43.4 Å². The molecule has 0 aromatic rings. The van der Waals surface area contributed by atoms with Crippen LogP contribution >= 0.6 is 0 Å². The van der Waals surface area contributed by atoms with Crippen molar-refractivity contribution in [2.75, 3.05) is 0 Å². The summed E-state index contributed by atoms with van der Waals surface area (Å²) in [5.41, 5.74) is 0.569. The van der Waals surface area contributed by atoms with Crippen LogP contribution in [0.4, 0.5) is 0 Å². The summed E-state index contributed by atoms with van der Waals surface area (Å²) >= 11 is 0. The van der Waals surface area contributed by atoms with Crippen molar-refractivity contribution in [3.8, 4) is 0 Å². The van der Waals surface area contributed by atoms with Gasteiger partial charge in [0, 0.05) is 12.1 Å². The third-order valence-electron chi connectivity index (χ3n) is 4.28. The standard InChI is InChI=1S/C13H25N/c1-4-10-5-6-12(9-13(10,2)3)14-11-7-8-11/h10-12,14H,4-9H2,1-3H3/t10?,12-/m0/s1. The molecule has 2 atom stereocenters. The molecule has 14 heavy (non-hydrogen) atoms. The number of hydrogen-bond donors (Lipinski definition) is 1. The van der Waals surface area contributed by atoms with Crippen LogP contribution in [0.2, 0.25) is 0 Å². The minimum absolute atomic E-state index is 0.569. The Labute approximate surface area is 88.7 Å². The monoisotopic (exact) mass is 195 g/mol. The zero-order valence-corrected chi connectivity index (χ0v) is 9.97. The lowest BCUT2D eigenvalue weighted by atomic mass is 9.66. The van der Waals surface area contributed by atoms with Crippen LogP contribution in [0.1, 0.15) is 59.3 Å². The zero-order chi connectivity index (χ0) is 10.2. The highest BCUT2D eigenvalue weighted by Crippen LogP contribution is 2.42. The van der Waals surface area contributed by atoms with Crippen molar-refractivity contribution in [2.24, 2.45) is 11.3 Å². The molecule has 0 radical (unpaired) electrons. The van der Waals surface area contributed by atoms with E-state index in [1.54, 1.807) is 0 Å². The van der Waals surface area contributed by atoms with Gasteiger partial charge in [0.25, 0.3) is 0 Å². The molecule has 0 amide bonds. The molecule has 2 rings (SSSR count). The fraction of sp³-hybridized carbons (Fsp3) is 1.00. The summed E-state index contributed by atoms with van der Waals surface area (Å²) < 4.78 is 0. The third-order valence-corrected chi connectivity index (χ3v) is 4.28. The maximum absolute atomic E-state index is 3.79. The van der Waals surface area contributed by atoms with Crippen LogP contribution in [0.3, 0.4) is 0 Å². The largest absolute Gasteiger partial charge is 0.311 e. The summed E-state index contributed by atoms with van der Waals surface area (Å²) in [6.07, 6.45) is 8.46. The summed E-state index contributed by atoms with van der Waals surface area (Å²) in [6.45, 7) is 7.27. The first-order chi connectivity index (χ1) is 6.62. The molecule has 2 aliphatic carbocycles. The van der Waals surface area contributed by atoms with E-state index in [1.807, 2.05) is 0 Å². The minimum Gasteiger partial charge on any atom is -0.311 e. The van der Waals surface area contributed by atoms with Crippen molar-refractivity contribution in [3.05, 3.63) is 0 Å². The highest BCUT2D eigenvalue weighted by Gasteiger charge is 2.37. The van der Waals surface area contributed by atoms with Gasteiger partial charge in [-0.3, -0.25) is 0 Å². The molecular formula is C13H25N. The summed E-state index contributed by atoms with van der Waals surface area (Å²) in [5.74, 6) is 0.958. The van der Waals surface area contributed by atoms with Crippen LogP contribution in [0.15, 0.2) is 0 Å². The highest BCUT2D eigenvalue weighted by atomic mass is 15.0. The predicted molar refractivity (Wildman–Crippen MR) is 61.4 cm³/mol. The van der Waals surface area contributed by atoms with E-state index >= 15 is 0 Å². The predicted octanol–water partition coefficient (Wildman–Crippen LogP) is 3.34. The van der Waals surface area contributed by atoms with Gasteiger partial charge in [0.15, 0.2) is 0 Å². The normalized spacial score (nSPS) is 37.1. The van der Waals surface area contributed by atoms with Crippen LogP contribution in [0, 0.1) is 11.3 Å². The first-order valence-electron chi connectivity index (χ1n) is 6.38. The Bertz CT molecular complexity index is 193. The molecule has 2 saturated carbocycles. The van der Waals surface area contributed by atoms with E-state index in [9.17, 15) is 0 Å². The Morgan fingerprint density at radius 2 is 1.71 bits per heavy atom. The average Bonchev–Trinajstić information content (AvgIpc) is 2.87. The molecule has 82 valence electrons. The van der Waals surface area contributed by atoms with Gasteiger partial charge in [0.2, 0.25) is 0 Å². The van der Waals surface area contributed by atoms with Crippen molar-refractivity contribution in [2.45, 2.75) is 71.4 Å². The maximum atomic E-state index is 3.79. The van der Waals surface area contributed by atoms with Gasteiger partial charge in [-0.1, -0.05) is 27.2 Å². The Morgan fingerprint density at radius 1 is 1.07 bits per heavy atom.